The number of pyridine rings is 1. The van der Waals surface area contributed by atoms with Crippen molar-refractivity contribution >= 4 is 5.91 Å². The van der Waals surface area contributed by atoms with Gasteiger partial charge in [0.15, 0.2) is 0 Å². The maximum Gasteiger partial charge on any atom is 0.251 e. The zero-order valence-electron chi connectivity index (χ0n) is 19.2. The van der Waals surface area contributed by atoms with Gasteiger partial charge in [0.25, 0.3) is 5.91 Å². The highest BCUT2D eigenvalue weighted by atomic mass is 16.5. The summed E-state index contributed by atoms with van der Waals surface area (Å²) in [5.41, 5.74) is 3.81. The Morgan fingerprint density at radius 2 is 1.97 bits per heavy atom. The van der Waals surface area contributed by atoms with Crippen molar-refractivity contribution in [3.8, 4) is 17.9 Å². The first kappa shape index (κ1) is 23.2. The summed E-state index contributed by atoms with van der Waals surface area (Å²) in [6.07, 6.45) is 1.68. The molecule has 1 aliphatic heterocycles. The van der Waals surface area contributed by atoms with Gasteiger partial charge in [-0.3, -0.25) is 9.78 Å². The number of carbonyl (C=O) groups is 1. The molecule has 4 rings (SSSR count). The van der Waals surface area contributed by atoms with Gasteiger partial charge < -0.3 is 14.8 Å². The summed E-state index contributed by atoms with van der Waals surface area (Å²) in [6, 6.07) is 20.7. The van der Waals surface area contributed by atoms with Crippen LogP contribution in [0.3, 0.4) is 0 Å². The molecular formula is C28H25N3O3. The van der Waals surface area contributed by atoms with Crippen LogP contribution >= 0.6 is 0 Å². The lowest BCUT2D eigenvalue weighted by atomic mass is 9.79. The number of ether oxygens (including phenoxy) is 2. The highest BCUT2D eigenvalue weighted by molar-refractivity contribution is 5.94. The number of aromatic nitrogens is 1. The van der Waals surface area contributed by atoms with Crippen molar-refractivity contribution in [1.82, 2.24) is 10.3 Å². The van der Waals surface area contributed by atoms with E-state index in [-0.39, 0.29) is 12.5 Å². The lowest BCUT2D eigenvalue weighted by Gasteiger charge is -2.30. The quantitative estimate of drug-likeness (QED) is 0.595. The number of nitrogens with one attached hydrogen (secondary N) is 1. The number of fused-ring (bicyclic) bond motifs is 1. The molecule has 2 aromatic carbocycles. The van der Waals surface area contributed by atoms with Gasteiger partial charge in [-0.05, 0) is 54.4 Å². The molecule has 2 atom stereocenters. The molecule has 1 aromatic heterocycles. The van der Waals surface area contributed by atoms with E-state index in [0.29, 0.717) is 24.5 Å². The van der Waals surface area contributed by atoms with Gasteiger partial charge in [-0.2, -0.15) is 5.26 Å². The topological polar surface area (TPSA) is 84.2 Å². The van der Waals surface area contributed by atoms with Crippen molar-refractivity contribution < 1.29 is 14.3 Å². The maximum absolute atomic E-state index is 13.1. The predicted molar refractivity (Wildman–Crippen MR) is 128 cm³/mol. The summed E-state index contributed by atoms with van der Waals surface area (Å²) < 4.78 is 10.9. The molecule has 0 spiro atoms. The summed E-state index contributed by atoms with van der Waals surface area (Å²) in [4.78, 5) is 17.6. The van der Waals surface area contributed by atoms with Gasteiger partial charge in [0.2, 0.25) is 0 Å². The van der Waals surface area contributed by atoms with Gasteiger partial charge in [-0.1, -0.05) is 36.1 Å². The summed E-state index contributed by atoms with van der Waals surface area (Å²) in [6.45, 7) is 2.81. The first-order valence-corrected chi connectivity index (χ1v) is 11.0. The Bertz CT molecular complexity index is 1290. The fraction of sp³-hybridized carbons (Fsp3) is 0.250. The number of nitriles is 1. The number of hydrogen-bond acceptors (Lipinski definition) is 5. The van der Waals surface area contributed by atoms with Crippen molar-refractivity contribution in [2.24, 2.45) is 0 Å². The molecule has 0 aliphatic carbocycles. The van der Waals surface area contributed by atoms with E-state index >= 15 is 0 Å². The Morgan fingerprint density at radius 3 is 2.74 bits per heavy atom. The van der Waals surface area contributed by atoms with Crippen LogP contribution in [0.4, 0.5) is 0 Å². The monoisotopic (exact) mass is 451 g/mol. The number of nitrogens with zero attached hydrogens (tertiary/aromatic N) is 2. The molecule has 1 N–H and O–H groups in total. The Kier molecular flexibility index (Phi) is 7.04. The molecular weight excluding hydrogens is 426 g/mol. The molecule has 34 heavy (non-hydrogen) atoms. The Labute approximate surface area is 199 Å². The molecule has 0 unspecified atom stereocenters. The van der Waals surface area contributed by atoms with Crippen LogP contribution in [0.1, 0.15) is 51.3 Å². The first-order valence-electron chi connectivity index (χ1n) is 11.0. The van der Waals surface area contributed by atoms with Gasteiger partial charge in [0, 0.05) is 30.0 Å². The van der Waals surface area contributed by atoms with Crippen LogP contribution in [0.25, 0.3) is 0 Å². The fourth-order valence-electron chi connectivity index (χ4n) is 3.88. The van der Waals surface area contributed by atoms with Crippen molar-refractivity contribution in [2.45, 2.75) is 25.0 Å². The van der Waals surface area contributed by atoms with E-state index in [4.69, 9.17) is 9.47 Å². The molecule has 6 nitrogen and oxygen atoms in total. The van der Waals surface area contributed by atoms with Crippen LogP contribution in [0, 0.1) is 23.2 Å². The number of benzene rings is 2. The van der Waals surface area contributed by atoms with Gasteiger partial charge in [0.05, 0.1) is 37.6 Å². The predicted octanol–water partition coefficient (Wildman–Crippen LogP) is 3.91. The van der Waals surface area contributed by atoms with Crippen molar-refractivity contribution in [3.05, 3.63) is 100 Å². The molecule has 1 amide bonds. The smallest absolute Gasteiger partial charge is 0.251 e. The van der Waals surface area contributed by atoms with Crippen molar-refractivity contribution in [3.63, 3.8) is 0 Å². The number of carbonyl (C=O) groups excluding carboxylic acids is 1. The van der Waals surface area contributed by atoms with Gasteiger partial charge in [0.1, 0.15) is 5.41 Å². The van der Waals surface area contributed by atoms with Gasteiger partial charge >= 0.3 is 0 Å². The molecule has 0 saturated heterocycles. The Hall–Kier alpha value is -3.97. The van der Waals surface area contributed by atoms with E-state index in [2.05, 4.69) is 28.2 Å². The minimum absolute atomic E-state index is 0.253. The SMILES string of the molecule is COC[C@H](NC(=O)c1ccc2c(c1)[C@](C)(C#N)COC2)c1cc(C#Cc2ccccc2)ccn1. The van der Waals surface area contributed by atoms with Gasteiger partial charge in [-0.25, -0.2) is 0 Å². The van der Waals surface area contributed by atoms with Crippen LogP contribution < -0.4 is 5.32 Å². The van der Waals surface area contributed by atoms with Crippen molar-refractivity contribution in [2.75, 3.05) is 20.3 Å². The molecule has 6 heteroatoms. The maximum atomic E-state index is 13.1. The van der Waals surface area contributed by atoms with E-state index in [1.807, 2.05) is 55.5 Å². The van der Waals surface area contributed by atoms with Crippen molar-refractivity contribution in [1.29, 1.82) is 5.26 Å². The molecule has 0 fully saturated rings. The van der Waals surface area contributed by atoms with Gasteiger partial charge in [-0.15, -0.1) is 0 Å². The summed E-state index contributed by atoms with van der Waals surface area (Å²) >= 11 is 0. The summed E-state index contributed by atoms with van der Waals surface area (Å²) in [7, 11) is 1.58. The summed E-state index contributed by atoms with van der Waals surface area (Å²) in [5, 5.41) is 12.7. The number of amides is 1. The number of hydrogen-bond donors (Lipinski definition) is 1. The molecule has 0 bridgehead atoms. The molecule has 170 valence electrons. The second-order valence-corrected chi connectivity index (χ2v) is 8.38. The average molecular weight is 452 g/mol. The molecule has 3 aromatic rings. The van der Waals surface area contributed by atoms with Crippen LogP contribution in [0.2, 0.25) is 0 Å². The van der Waals surface area contributed by atoms with E-state index in [1.54, 1.807) is 25.4 Å². The largest absolute Gasteiger partial charge is 0.382 e. The van der Waals surface area contributed by atoms with Crippen LogP contribution in [-0.2, 0) is 21.5 Å². The number of rotatable bonds is 5. The van der Waals surface area contributed by atoms with E-state index in [0.717, 1.165) is 22.3 Å². The molecule has 1 aliphatic rings. The van der Waals surface area contributed by atoms with Crippen LogP contribution in [-0.4, -0.2) is 31.2 Å². The Morgan fingerprint density at radius 1 is 1.18 bits per heavy atom. The lowest BCUT2D eigenvalue weighted by Crippen LogP contribution is -2.34. The number of methoxy groups -OCH3 is 1. The molecule has 0 radical (unpaired) electrons. The highest BCUT2D eigenvalue weighted by Gasteiger charge is 2.33. The second kappa shape index (κ2) is 10.3. The lowest BCUT2D eigenvalue weighted by molar-refractivity contribution is 0.0756. The minimum Gasteiger partial charge on any atom is -0.382 e. The third-order valence-corrected chi connectivity index (χ3v) is 5.76. The fourth-order valence-corrected chi connectivity index (χ4v) is 3.88. The second-order valence-electron chi connectivity index (χ2n) is 8.38. The van der Waals surface area contributed by atoms with E-state index in [1.165, 1.54) is 0 Å². The Balaban J connectivity index is 1.56. The van der Waals surface area contributed by atoms with E-state index < -0.39 is 11.5 Å². The average Bonchev–Trinajstić information content (AvgIpc) is 2.88. The molecule has 0 saturated carbocycles. The standard InChI is InChI=1S/C28H25N3O3/c1-28(18-29)19-34-16-23-11-10-22(15-24(23)28)27(32)31-26(17-33-2)25-14-21(12-13-30-25)9-8-20-6-4-3-5-7-20/h3-7,10-15,26H,16-17,19H2,1-2H3,(H,31,32)/t26-,28+/m0/s1. The molecule has 2 heterocycles. The minimum atomic E-state index is -0.789. The highest BCUT2D eigenvalue weighted by Crippen LogP contribution is 2.32. The van der Waals surface area contributed by atoms with Crippen LogP contribution in [0.15, 0.2) is 66.9 Å². The zero-order valence-corrected chi connectivity index (χ0v) is 19.2. The zero-order chi connectivity index (χ0) is 24.0. The third-order valence-electron chi connectivity index (χ3n) is 5.76. The third kappa shape index (κ3) is 5.15. The van der Waals surface area contributed by atoms with Crippen LogP contribution in [0.5, 0.6) is 0 Å². The normalized spacial score (nSPS) is 17.4. The van der Waals surface area contributed by atoms with E-state index in [9.17, 15) is 10.1 Å². The first-order chi connectivity index (χ1) is 16.5. The summed E-state index contributed by atoms with van der Waals surface area (Å²) in [5.74, 6) is 6.02.